The highest BCUT2D eigenvalue weighted by Crippen LogP contribution is 2.27. The van der Waals surface area contributed by atoms with Gasteiger partial charge in [-0.15, -0.1) is 0 Å². The molecule has 1 saturated carbocycles. The van der Waals surface area contributed by atoms with Gasteiger partial charge in [0.1, 0.15) is 11.6 Å². The molecule has 1 aliphatic rings. The number of aryl methyl sites for hydroxylation is 1. The van der Waals surface area contributed by atoms with Crippen LogP contribution in [0.4, 0.5) is 8.78 Å². The molecule has 0 saturated heterocycles. The normalized spacial score (nSPS) is 20.2. The van der Waals surface area contributed by atoms with Crippen LogP contribution >= 0.6 is 0 Å². The molecule has 1 aromatic carbocycles. The summed E-state index contributed by atoms with van der Waals surface area (Å²) < 4.78 is 32.3. The molecule has 6 heteroatoms. The molecule has 26 heavy (non-hydrogen) atoms. The zero-order valence-corrected chi connectivity index (χ0v) is 15.2. The Kier molecular flexibility index (Phi) is 5.69. The largest absolute Gasteiger partial charge is 0.441 e. The number of aromatic nitrogens is 1. The molecular weight excluding hydrogens is 338 g/mol. The number of carbonyl (C=O) groups is 1. The van der Waals surface area contributed by atoms with Crippen molar-refractivity contribution in [3.8, 4) is 11.3 Å². The summed E-state index contributed by atoms with van der Waals surface area (Å²) in [5.74, 6) is 0.0821. The Morgan fingerprint density at radius 2 is 2.00 bits per heavy atom. The van der Waals surface area contributed by atoms with E-state index >= 15 is 0 Å². The van der Waals surface area contributed by atoms with Gasteiger partial charge in [-0.05, 0) is 43.7 Å². The van der Waals surface area contributed by atoms with Crippen molar-refractivity contribution in [2.45, 2.75) is 51.5 Å². The van der Waals surface area contributed by atoms with Gasteiger partial charge in [-0.25, -0.2) is 13.8 Å². The van der Waals surface area contributed by atoms with E-state index in [9.17, 15) is 13.6 Å². The molecule has 0 radical (unpaired) electrons. The summed E-state index contributed by atoms with van der Waals surface area (Å²) in [5, 5.41) is 0. The second-order valence-electron chi connectivity index (χ2n) is 7.16. The zero-order valence-electron chi connectivity index (χ0n) is 15.2. The van der Waals surface area contributed by atoms with Gasteiger partial charge in [0.15, 0.2) is 11.7 Å². The minimum atomic E-state index is -0.699. The number of oxazole rings is 1. The third-order valence-electron chi connectivity index (χ3n) is 5.23. The SMILES string of the molecule is CC1CCC(N(C)C(=O)CCc2ncc(-c3ccc(F)cc3F)o2)CC1. The van der Waals surface area contributed by atoms with Crippen molar-refractivity contribution in [1.82, 2.24) is 9.88 Å². The summed E-state index contributed by atoms with van der Waals surface area (Å²) in [6.07, 6.45) is 6.49. The Balaban J connectivity index is 1.57. The van der Waals surface area contributed by atoms with Crippen LogP contribution in [0.3, 0.4) is 0 Å². The lowest BCUT2D eigenvalue weighted by atomic mass is 9.86. The van der Waals surface area contributed by atoms with Crippen molar-refractivity contribution < 1.29 is 18.0 Å². The van der Waals surface area contributed by atoms with Crippen molar-refractivity contribution in [1.29, 1.82) is 0 Å². The third kappa shape index (κ3) is 4.29. The highest BCUT2D eigenvalue weighted by atomic mass is 19.1. The number of hydrogen-bond donors (Lipinski definition) is 0. The van der Waals surface area contributed by atoms with E-state index in [-0.39, 0.29) is 17.2 Å². The quantitative estimate of drug-likeness (QED) is 0.781. The highest BCUT2D eigenvalue weighted by Gasteiger charge is 2.24. The van der Waals surface area contributed by atoms with Crippen molar-refractivity contribution in [3.05, 3.63) is 41.9 Å². The summed E-state index contributed by atoms with van der Waals surface area (Å²) in [6.45, 7) is 2.25. The summed E-state index contributed by atoms with van der Waals surface area (Å²) in [5.41, 5.74) is 0.157. The minimum absolute atomic E-state index is 0.0669. The number of amides is 1. The first-order valence-corrected chi connectivity index (χ1v) is 9.10. The number of halogens is 2. The van der Waals surface area contributed by atoms with Crippen molar-refractivity contribution in [2.24, 2.45) is 5.92 Å². The van der Waals surface area contributed by atoms with Crippen molar-refractivity contribution >= 4 is 5.91 Å². The van der Waals surface area contributed by atoms with Gasteiger partial charge in [-0.2, -0.15) is 0 Å². The minimum Gasteiger partial charge on any atom is -0.441 e. The van der Waals surface area contributed by atoms with Crippen LogP contribution in [0.5, 0.6) is 0 Å². The van der Waals surface area contributed by atoms with Crippen molar-refractivity contribution in [2.75, 3.05) is 7.05 Å². The fraction of sp³-hybridized carbons (Fsp3) is 0.500. The number of benzene rings is 1. The van der Waals surface area contributed by atoms with E-state index in [0.29, 0.717) is 24.8 Å². The first-order valence-electron chi connectivity index (χ1n) is 9.10. The fourth-order valence-corrected chi connectivity index (χ4v) is 3.46. The van der Waals surface area contributed by atoms with Gasteiger partial charge in [-0.1, -0.05) is 6.92 Å². The Morgan fingerprint density at radius 1 is 1.27 bits per heavy atom. The molecule has 1 aromatic heterocycles. The molecule has 0 aliphatic heterocycles. The predicted octanol–water partition coefficient (Wildman–Crippen LogP) is 4.59. The van der Waals surface area contributed by atoms with Crippen LogP contribution in [0.1, 0.15) is 44.9 Å². The molecule has 0 bridgehead atoms. The second-order valence-corrected chi connectivity index (χ2v) is 7.16. The number of rotatable bonds is 5. The molecule has 0 unspecified atom stereocenters. The van der Waals surface area contributed by atoms with Gasteiger partial charge in [-0.3, -0.25) is 4.79 Å². The topological polar surface area (TPSA) is 46.3 Å². The smallest absolute Gasteiger partial charge is 0.223 e. The molecule has 1 aliphatic carbocycles. The van der Waals surface area contributed by atoms with Gasteiger partial charge < -0.3 is 9.32 Å². The standard InChI is InChI=1S/C20H24F2N2O2/c1-13-3-6-15(7-4-13)24(2)20(25)10-9-19-23-12-18(26-19)16-8-5-14(21)11-17(16)22/h5,8,11-13,15H,3-4,6-7,9-10H2,1-2H3. The summed E-state index contributed by atoms with van der Waals surface area (Å²) >= 11 is 0. The summed E-state index contributed by atoms with van der Waals surface area (Å²) in [7, 11) is 1.86. The Labute approximate surface area is 152 Å². The lowest BCUT2D eigenvalue weighted by Gasteiger charge is -2.33. The van der Waals surface area contributed by atoms with Crippen LogP contribution in [0.15, 0.2) is 28.8 Å². The Morgan fingerprint density at radius 3 is 2.69 bits per heavy atom. The lowest BCUT2D eigenvalue weighted by molar-refractivity contribution is -0.132. The van der Waals surface area contributed by atoms with E-state index in [0.717, 1.165) is 37.7 Å². The third-order valence-corrected chi connectivity index (χ3v) is 5.23. The highest BCUT2D eigenvalue weighted by molar-refractivity contribution is 5.76. The summed E-state index contributed by atoms with van der Waals surface area (Å²) in [6, 6.07) is 3.61. The van der Waals surface area contributed by atoms with E-state index in [1.807, 2.05) is 11.9 Å². The van der Waals surface area contributed by atoms with Crippen LogP contribution < -0.4 is 0 Å². The van der Waals surface area contributed by atoms with Crippen LogP contribution in [0, 0.1) is 17.6 Å². The van der Waals surface area contributed by atoms with Gasteiger partial charge in [0.25, 0.3) is 0 Å². The number of carbonyl (C=O) groups excluding carboxylic acids is 1. The number of hydrogen-bond acceptors (Lipinski definition) is 3. The lowest BCUT2D eigenvalue weighted by Crippen LogP contribution is -2.39. The molecule has 140 valence electrons. The van der Waals surface area contributed by atoms with Gasteiger partial charge in [0.2, 0.25) is 5.91 Å². The van der Waals surface area contributed by atoms with Crippen LogP contribution in [-0.4, -0.2) is 28.9 Å². The van der Waals surface area contributed by atoms with Crippen LogP contribution in [-0.2, 0) is 11.2 Å². The fourth-order valence-electron chi connectivity index (χ4n) is 3.46. The molecule has 0 spiro atoms. The Hall–Kier alpha value is -2.24. The van der Waals surface area contributed by atoms with E-state index in [1.54, 1.807) is 0 Å². The van der Waals surface area contributed by atoms with E-state index in [2.05, 4.69) is 11.9 Å². The Bertz CT molecular complexity index is 767. The molecule has 1 amide bonds. The van der Waals surface area contributed by atoms with Gasteiger partial charge >= 0.3 is 0 Å². The number of nitrogens with zero attached hydrogens (tertiary/aromatic N) is 2. The maximum Gasteiger partial charge on any atom is 0.223 e. The van der Waals surface area contributed by atoms with E-state index in [4.69, 9.17) is 4.42 Å². The maximum absolute atomic E-state index is 13.8. The molecule has 0 N–H and O–H groups in total. The molecule has 0 atom stereocenters. The molecule has 3 rings (SSSR count). The summed E-state index contributed by atoms with van der Waals surface area (Å²) in [4.78, 5) is 18.4. The molecular formula is C20H24F2N2O2. The van der Waals surface area contributed by atoms with Crippen LogP contribution in [0.2, 0.25) is 0 Å². The molecule has 1 fully saturated rings. The average molecular weight is 362 g/mol. The predicted molar refractivity (Wildman–Crippen MR) is 94.4 cm³/mol. The van der Waals surface area contributed by atoms with Gasteiger partial charge in [0.05, 0.1) is 11.8 Å². The molecule has 2 aromatic rings. The molecule has 4 nitrogen and oxygen atoms in total. The van der Waals surface area contributed by atoms with Crippen molar-refractivity contribution in [3.63, 3.8) is 0 Å². The molecule has 1 heterocycles. The second kappa shape index (κ2) is 7.98. The zero-order chi connectivity index (χ0) is 18.7. The maximum atomic E-state index is 13.8. The first kappa shape index (κ1) is 18.5. The van der Waals surface area contributed by atoms with Gasteiger partial charge in [0, 0.05) is 32.0 Å². The van der Waals surface area contributed by atoms with Crippen LogP contribution in [0.25, 0.3) is 11.3 Å². The van der Waals surface area contributed by atoms with E-state index in [1.165, 1.54) is 18.3 Å². The first-order chi connectivity index (χ1) is 12.4. The average Bonchev–Trinajstić information content (AvgIpc) is 3.08. The monoisotopic (exact) mass is 362 g/mol. The van der Waals surface area contributed by atoms with E-state index < -0.39 is 11.6 Å².